The average molecular weight is 175 g/mol. The fourth-order valence-corrected chi connectivity index (χ4v) is 1.97. The first kappa shape index (κ1) is 8.30. The van der Waals surface area contributed by atoms with Gasteiger partial charge in [0.15, 0.2) is 0 Å². The number of hydrogen-bond donors (Lipinski definition) is 0. The van der Waals surface area contributed by atoms with E-state index in [0.29, 0.717) is 0 Å². The number of benzene rings is 1. The normalized spacial score (nSPS) is 20.6. The zero-order valence-corrected chi connectivity index (χ0v) is 7.95. The number of amides is 1. The Labute approximate surface area is 78.2 Å². The van der Waals surface area contributed by atoms with Crippen LogP contribution in [-0.2, 0) is 4.79 Å². The Morgan fingerprint density at radius 1 is 1.38 bits per heavy atom. The Bertz CT molecular complexity index is 346. The van der Waals surface area contributed by atoms with E-state index >= 15 is 0 Å². The minimum Gasteiger partial charge on any atom is -0.315 e. The number of carbonyl (C=O) groups is 1. The van der Waals surface area contributed by atoms with Crippen molar-refractivity contribution in [1.29, 1.82) is 0 Å². The first-order chi connectivity index (χ1) is 6.25. The van der Waals surface area contributed by atoms with E-state index < -0.39 is 0 Å². The maximum atomic E-state index is 11.7. The Kier molecular flexibility index (Phi) is 1.83. The van der Waals surface area contributed by atoms with Gasteiger partial charge >= 0.3 is 0 Å². The van der Waals surface area contributed by atoms with Crippen molar-refractivity contribution < 1.29 is 4.79 Å². The third-order valence-electron chi connectivity index (χ3n) is 2.71. The van der Waals surface area contributed by atoms with Gasteiger partial charge in [0.25, 0.3) is 0 Å². The number of likely N-dealkylation sites (N-methyl/N-ethyl adjacent to an activating group) is 1. The van der Waals surface area contributed by atoms with Gasteiger partial charge in [-0.15, -0.1) is 0 Å². The van der Waals surface area contributed by atoms with Gasteiger partial charge in [-0.05, 0) is 18.1 Å². The molecule has 0 aliphatic carbocycles. The van der Waals surface area contributed by atoms with Crippen LogP contribution in [0.25, 0.3) is 0 Å². The molecular weight excluding hydrogens is 162 g/mol. The lowest BCUT2D eigenvalue weighted by Gasteiger charge is -2.09. The number of rotatable bonds is 1. The van der Waals surface area contributed by atoms with Gasteiger partial charge < -0.3 is 4.90 Å². The van der Waals surface area contributed by atoms with E-state index in [-0.39, 0.29) is 11.8 Å². The standard InChI is InChI=1S/C11H13NO/c1-3-8-9-6-4-5-7-10(9)12(2)11(8)13/h4-8H,3H2,1-2H3. The van der Waals surface area contributed by atoms with Crippen molar-refractivity contribution in [3.63, 3.8) is 0 Å². The van der Waals surface area contributed by atoms with Crippen LogP contribution in [0.5, 0.6) is 0 Å². The van der Waals surface area contributed by atoms with Crippen molar-refractivity contribution in [3.8, 4) is 0 Å². The van der Waals surface area contributed by atoms with Gasteiger partial charge in [-0.1, -0.05) is 25.1 Å². The van der Waals surface area contributed by atoms with Crippen molar-refractivity contribution in [2.75, 3.05) is 11.9 Å². The maximum Gasteiger partial charge on any atom is 0.234 e. The lowest BCUT2D eigenvalue weighted by Crippen LogP contribution is -2.23. The molecule has 0 radical (unpaired) electrons. The summed E-state index contributed by atoms with van der Waals surface area (Å²) in [5.74, 6) is 0.310. The number of carbonyl (C=O) groups excluding carboxylic acids is 1. The van der Waals surface area contributed by atoms with Crippen LogP contribution >= 0.6 is 0 Å². The van der Waals surface area contributed by atoms with E-state index in [1.165, 1.54) is 5.56 Å². The molecule has 1 heterocycles. The summed E-state index contributed by atoms with van der Waals surface area (Å²) in [4.78, 5) is 13.5. The second-order valence-electron chi connectivity index (χ2n) is 3.42. The average Bonchev–Trinajstić information content (AvgIpc) is 2.41. The van der Waals surface area contributed by atoms with Crippen molar-refractivity contribution in [2.45, 2.75) is 19.3 Å². The monoisotopic (exact) mass is 175 g/mol. The van der Waals surface area contributed by atoms with Gasteiger partial charge in [0.1, 0.15) is 0 Å². The van der Waals surface area contributed by atoms with E-state index in [1.54, 1.807) is 4.90 Å². The quantitative estimate of drug-likeness (QED) is 0.640. The number of para-hydroxylation sites is 1. The Morgan fingerprint density at radius 3 is 2.77 bits per heavy atom. The van der Waals surface area contributed by atoms with E-state index in [1.807, 2.05) is 31.3 Å². The Morgan fingerprint density at radius 2 is 2.08 bits per heavy atom. The molecule has 1 unspecified atom stereocenters. The predicted octanol–water partition coefficient (Wildman–Crippen LogP) is 2.16. The minimum atomic E-state index is 0.0844. The summed E-state index contributed by atoms with van der Waals surface area (Å²) in [5.41, 5.74) is 2.25. The SMILES string of the molecule is CCC1C(=O)N(C)c2ccccc21. The molecule has 1 aromatic carbocycles. The highest BCUT2D eigenvalue weighted by molar-refractivity contribution is 6.04. The van der Waals surface area contributed by atoms with Crippen LogP contribution in [-0.4, -0.2) is 13.0 Å². The van der Waals surface area contributed by atoms with Gasteiger partial charge in [-0.3, -0.25) is 4.79 Å². The molecule has 0 aromatic heterocycles. The summed E-state index contributed by atoms with van der Waals surface area (Å²) in [5, 5.41) is 0. The lowest BCUT2D eigenvalue weighted by atomic mass is 9.98. The molecule has 2 nitrogen and oxygen atoms in total. The van der Waals surface area contributed by atoms with E-state index in [0.717, 1.165) is 12.1 Å². The fourth-order valence-electron chi connectivity index (χ4n) is 1.97. The molecule has 1 atom stereocenters. The molecule has 1 amide bonds. The highest BCUT2D eigenvalue weighted by Crippen LogP contribution is 2.37. The molecular formula is C11H13NO. The summed E-state index contributed by atoms with van der Waals surface area (Å²) in [7, 11) is 1.84. The smallest absolute Gasteiger partial charge is 0.234 e. The summed E-state index contributed by atoms with van der Waals surface area (Å²) in [6.45, 7) is 2.05. The number of hydrogen-bond acceptors (Lipinski definition) is 1. The topological polar surface area (TPSA) is 20.3 Å². The van der Waals surface area contributed by atoms with E-state index in [2.05, 4.69) is 6.92 Å². The first-order valence-corrected chi connectivity index (χ1v) is 4.62. The van der Waals surface area contributed by atoms with E-state index in [4.69, 9.17) is 0 Å². The Balaban J connectivity index is 2.53. The van der Waals surface area contributed by atoms with Crippen LogP contribution in [0.2, 0.25) is 0 Å². The second-order valence-corrected chi connectivity index (χ2v) is 3.42. The van der Waals surface area contributed by atoms with Crippen LogP contribution < -0.4 is 4.90 Å². The summed E-state index contributed by atoms with van der Waals surface area (Å²) in [6.07, 6.45) is 0.889. The summed E-state index contributed by atoms with van der Waals surface area (Å²) < 4.78 is 0. The van der Waals surface area contributed by atoms with Gasteiger partial charge in [0.05, 0.1) is 5.92 Å². The molecule has 0 N–H and O–H groups in total. The van der Waals surface area contributed by atoms with Crippen LogP contribution in [0.4, 0.5) is 5.69 Å². The highest BCUT2D eigenvalue weighted by Gasteiger charge is 2.32. The largest absolute Gasteiger partial charge is 0.315 e. The van der Waals surface area contributed by atoms with Gasteiger partial charge in [-0.25, -0.2) is 0 Å². The van der Waals surface area contributed by atoms with Crippen LogP contribution in [0.3, 0.4) is 0 Å². The molecule has 1 aliphatic heterocycles. The van der Waals surface area contributed by atoms with Crippen molar-refractivity contribution >= 4 is 11.6 Å². The van der Waals surface area contributed by atoms with Gasteiger partial charge in [0, 0.05) is 12.7 Å². The molecule has 0 fully saturated rings. The van der Waals surface area contributed by atoms with E-state index in [9.17, 15) is 4.79 Å². The molecule has 1 aliphatic rings. The van der Waals surface area contributed by atoms with Gasteiger partial charge in [0.2, 0.25) is 5.91 Å². The number of anilines is 1. The summed E-state index contributed by atoms with van der Waals surface area (Å²) in [6, 6.07) is 8.02. The van der Waals surface area contributed by atoms with Crippen LogP contribution in [0, 0.1) is 0 Å². The molecule has 0 bridgehead atoms. The number of nitrogens with zero attached hydrogens (tertiary/aromatic N) is 1. The molecule has 0 spiro atoms. The zero-order chi connectivity index (χ0) is 9.42. The van der Waals surface area contributed by atoms with Crippen LogP contribution in [0.1, 0.15) is 24.8 Å². The molecule has 0 saturated heterocycles. The fraction of sp³-hybridized carbons (Fsp3) is 0.364. The minimum absolute atomic E-state index is 0.0844. The predicted molar refractivity (Wildman–Crippen MR) is 52.9 cm³/mol. The maximum absolute atomic E-state index is 11.7. The summed E-state index contributed by atoms with van der Waals surface area (Å²) >= 11 is 0. The first-order valence-electron chi connectivity index (χ1n) is 4.62. The molecule has 0 saturated carbocycles. The molecule has 2 heteroatoms. The highest BCUT2D eigenvalue weighted by atomic mass is 16.2. The van der Waals surface area contributed by atoms with Crippen molar-refractivity contribution in [1.82, 2.24) is 0 Å². The zero-order valence-electron chi connectivity index (χ0n) is 7.95. The lowest BCUT2D eigenvalue weighted by molar-refractivity contribution is -0.119. The second kappa shape index (κ2) is 2.87. The van der Waals surface area contributed by atoms with Crippen molar-refractivity contribution in [3.05, 3.63) is 29.8 Å². The third kappa shape index (κ3) is 1.05. The third-order valence-corrected chi connectivity index (χ3v) is 2.71. The van der Waals surface area contributed by atoms with Crippen LogP contribution in [0.15, 0.2) is 24.3 Å². The van der Waals surface area contributed by atoms with Crippen molar-refractivity contribution in [2.24, 2.45) is 0 Å². The molecule has 2 rings (SSSR count). The Hall–Kier alpha value is -1.31. The molecule has 13 heavy (non-hydrogen) atoms. The molecule has 68 valence electrons. The molecule has 1 aromatic rings. The number of fused-ring (bicyclic) bond motifs is 1. The van der Waals surface area contributed by atoms with Gasteiger partial charge in [-0.2, -0.15) is 0 Å².